The van der Waals surface area contributed by atoms with E-state index in [9.17, 15) is 19.1 Å². The van der Waals surface area contributed by atoms with Gasteiger partial charge in [-0.15, -0.1) is 0 Å². The summed E-state index contributed by atoms with van der Waals surface area (Å²) in [6.07, 6.45) is 0.278. The highest BCUT2D eigenvalue weighted by Gasteiger charge is 2.28. The largest absolute Gasteiger partial charge is 0.465 e. The van der Waals surface area contributed by atoms with Crippen LogP contribution in [0.1, 0.15) is 25.3 Å². The number of carbonyl (C=O) groups is 2. The molecule has 2 amide bonds. The molecule has 0 bridgehead atoms. The molecule has 0 aromatic heterocycles. The summed E-state index contributed by atoms with van der Waals surface area (Å²) in [6.45, 7) is 2.91. The van der Waals surface area contributed by atoms with Gasteiger partial charge in [0.1, 0.15) is 5.82 Å². The number of piperidine rings is 1. The maximum absolute atomic E-state index is 12.9. The van der Waals surface area contributed by atoms with Gasteiger partial charge in [-0.25, -0.2) is 9.18 Å². The first-order valence-corrected chi connectivity index (χ1v) is 6.97. The smallest absolute Gasteiger partial charge is 0.407 e. The predicted molar refractivity (Wildman–Crippen MR) is 75.2 cm³/mol. The maximum atomic E-state index is 12.9. The van der Waals surface area contributed by atoms with Crippen LogP contribution in [0.2, 0.25) is 0 Å². The van der Waals surface area contributed by atoms with Gasteiger partial charge < -0.3 is 14.9 Å². The number of carboxylic acid groups (broad SMARTS) is 1. The Hall–Kier alpha value is -2.11. The van der Waals surface area contributed by atoms with E-state index in [0.29, 0.717) is 25.9 Å². The fourth-order valence-electron chi connectivity index (χ4n) is 2.63. The van der Waals surface area contributed by atoms with E-state index in [0.717, 1.165) is 5.56 Å². The van der Waals surface area contributed by atoms with Crippen molar-refractivity contribution in [2.24, 2.45) is 0 Å². The van der Waals surface area contributed by atoms with E-state index in [1.165, 1.54) is 24.0 Å². The van der Waals surface area contributed by atoms with Gasteiger partial charge in [0, 0.05) is 32.6 Å². The summed E-state index contributed by atoms with van der Waals surface area (Å²) in [5.41, 5.74) is 0.757. The number of halogens is 1. The molecule has 6 heteroatoms. The van der Waals surface area contributed by atoms with Crippen molar-refractivity contribution in [3.63, 3.8) is 0 Å². The van der Waals surface area contributed by atoms with Gasteiger partial charge in [-0.1, -0.05) is 12.1 Å². The van der Waals surface area contributed by atoms with E-state index >= 15 is 0 Å². The molecule has 0 aliphatic carbocycles. The molecule has 1 heterocycles. The predicted octanol–water partition coefficient (Wildman–Crippen LogP) is 2.32. The molecule has 0 radical (unpaired) electrons. The summed E-state index contributed by atoms with van der Waals surface area (Å²) in [5.74, 6) is -0.316. The molecule has 0 unspecified atom stereocenters. The molecule has 2 rings (SSSR count). The Labute approximate surface area is 123 Å². The molecule has 0 spiro atoms. The third kappa shape index (κ3) is 3.93. The lowest BCUT2D eigenvalue weighted by Gasteiger charge is -2.37. The zero-order chi connectivity index (χ0) is 15.4. The van der Waals surface area contributed by atoms with Crippen molar-refractivity contribution >= 4 is 12.0 Å². The first-order chi connectivity index (χ1) is 9.97. The van der Waals surface area contributed by atoms with Gasteiger partial charge in [0.15, 0.2) is 0 Å². The lowest BCUT2D eigenvalue weighted by atomic mass is 10.0. The Balaban J connectivity index is 2.01. The Morgan fingerprint density at radius 2 is 1.86 bits per heavy atom. The second-order valence-electron chi connectivity index (χ2n) is 5.27. The highest BCUT2D eigenvalue weighted by atomic mass is 19.1. The quantitative estimate of drug-likeness (QED) is 0.930. The SMILES string of the molecule is CC(=O)N1CCC(N(Cc2ccc(F)cc2)C(=O)O)CC1. The van der Waals surface area contributed by atoms with Crippen LogP contribution in [-0.2, 0) is 11.3 Å². The fraction of sp³-hybridized carbons (Fsp3) is 0.467. The minimum Gasteiger partial charge on any atom is -0.465 e. The van der Waals surface area contributed by atoms with Crippen LogP contribution in [0.25, 0.3) is 0 Å². The number of nitrogens with zero attached hydrogens (tertiary/aromatic N) is 2. The molecule has 1 fully saturated rings. The lowest BCUT2D eigenvalue weighted by Crippen LogP contribution is -2.47. The summed E-state index contributed by atoms with van der Waals surface area (Å²) in [5, 5.41) is 9.39. The lowest BCUT2D eigenvalue weighted by molar-refractivity contribution is -0.130. The molecule has 1 aromatic rings. The highest BCUT2D eigenvalue weighted by Crippen LogP contribution is 2.19. The molecular weight excluding hydrogens is 275 g/mol. The second kappa shape index (κ2) is 6.56. The summed E-state index contributed by atoms with van der Waals surface area (Å²) in [7, 11) is 0. The number of benzene rings is 1. The van der Waals surface area contributed by atoms with Crippen molar-refractivity contribution in [1.29, 1.82) is 0 Å². The second-order valence-corrected chi connectivity index (χ2v) is 5.27. The van der Waals surface area contributed by atoms with E-state index in [-0.39, 0.29) is 24.3 Å². The molecule has 1 N–H and O–H groups in total. The first-order valence-electron chi connectivity index (χ1n) is 6.97. The number of hydrogen-bond acceptors (Lipinski definition) is 2. The number of carbonyl (C=O) groups excluding carboxylic acids is 1. The van der Waals surface area contributed by atoms with Crippen molar-refractivity contribution in [1.82, 2.24) is 9.80 Å². The topological polar surface area (TPSA) is 60.9 Å². The minimum absolute atomic E-state index is 0.0221. The Bertz CT molecular complexity index is 510. The maximum Gasteiger partial charge on any atom is 0.407 e. The summed E-state index contributed by atoms with van der Waals surface area (Å²) < 4.78 is 12.9. The standard InChI is InChI=1S/C15H19FN2O3/c1-11(19)17-8-6-14(7-9-17)18(15(20)21)10-12-2-4-13(16)5-3-12/h2-5,14H,6-10H2,1H3,(H,20,21). The van der Waals surface area contributed by atoms with Gasteiger partial charge in [-0.2, -0.15) is 0 Å². The van der Waals surface area contributed by atoms with Crippen LogP contribution in [0.4, 0.5) is 9.18 Å². The van der Waals surface area contributed by atoms with Gasteiger partial charge in [-0.05, 0) is 30.5 Å². The normalized spacial score (nSPS) is 15.8. The van der Waals surface area contributed by atoms with Crippen molar-refractivity contribution in [2.75, 3.05) is 13.1 Å². The van der Waals surface area contributed by atoms with Gasteiger partial charge in [0.05, 0.1) is 0 Å². The van der Waals surface area contributed by atoms with Crippen molar-refractivity contribution in [2.45, 2.75) is 32.4 Å². The molecule has 1 aliphatic heterocycles. The monoisotopic (exact) mass is 294 g/mol. The minimum atomic E-state index is -0.986. The number of hydrogen-bond donors (Lipinski definition) is 1. The molecule has 114 valence electrons. The Morgan fingerprint density at radius 1 is 1.29 bits per heavy atom. The molecule has 21 heavy (non-hydrogen) atoms. The van der Waals surface area contributed by atoms with Crippen LogP contribution in [0.15, 0.2) is 24.3 Å². The van der Waals surface area contributed by atoms with Gasteiger partial charge in [0.25, 0.3) is 0 Å². The summed E-state index contributed by atoms with van der Waals surface area (Å²) >= 11 is 0. The van der Waals surface area contributed by atoms with Crippen LogP contribution in [0.3, 0.4) is 0 Å². The van der Waals surface area contributed by atoms with Crippen molar-refractivity contribution in [3.8, 4) is 0 Å². The Kier molecular flexibility index (Phi) is 4.77. The molecule has 0 saturated carbocycles. The molecular formula is C15H19FN2O3. The van der Waals surface area contributed by atoms with Gasteiger partial charge in [-0.3, -0.25) is 4.79 Å². The molecule has 0 atom stereocenters. The van der Waals surface area contributed by atoms with Gasteiger partial charge in [0.2, 0.25) is 5.91 Å². The van der Waals surface area contributed by atoms with Crippen molar-refractivity contribution in [3.05, 3.63) is 35.6 Å². The Morgan fingerprint density at radius 3 is 2.33 bits per heavy atom. The highest BCUT2D eigenvalue weighted by molar-refractivity contribution is 5.73. The molecule has 1 aromatic carbocycles. The molecule has 5 nitrogen and oxygen atoms in total. The molecule has 1 aliphatic rings. The van der Waals surface area contributed by atoms with Crippen LogP contribution in [0.5, 0.6) is 0 Å². The zero-order valence-corrected chi connectivity index (χ0v) is 12.0. The number of rotatable bonds is 3. The van der Waals surface area contributed by atoms with Gasteiger partial charge >= 0.3 is 6.09 Å². The molecule has 1 saturated heterocycles. The zero-order valence-electron chi connectivity index (χ0n) is 12.0. The average molecular weight is 294 g/mol. The van der Waals surface area contributed by atoms with Crippen molar-refractivity contribution < 1.29 is 19.1 Å². The third-order valence-electron chi connectivity index (χ3n) is 3.86. The third-order valence-corrected chi connectivity index (χ3v) is 3.86. The van der Waals surface area contributed by atoms with E-state index < -0.39 is 6.09 Å². The van der Waals surface area contributed by atoms with E-state index in [1.807, 2.05) is 0 Å². The van der Waals surface area contributed by atoms with Crippen LogP contribution in [-0.4, -0.2) is 46.0 Å². The van der Waals surface area contributed by atoms with E-state index in [4.69, 9.17) is 0 Å². The van der Waals surface area contributed by atoms with Crippen LogP contribution >= 0.6 is 0 Å². The fourth-order valence-corrected chi connectivity index (χ4v) is 2.63. The first kappa shape index (κ1) is 15.3. The van der Waals surface area contributed by atoms with E-state index in [2.05, 4.69) is 0 Å². The number of amides is 2. The van der Waals surface area contributed by atoms with Crippen LogP contribution < -0.4 is 0 Å². The summed E-state index contributed by atoms with van der Waals surface area (Å²) in [4.78, 5) is 25.9. The number of likely N-dealkylation sites (tertiary alicyclic amines) is 1. The van der Waals surface area contributed by atoms with Crippen LogP contribution in [0, 0.1) is 5.82 Å². The van der Waals surface area contributed by atoms with E-state index in [1.54, 1.807) is 17.0 Å². The summed E-state index contributed by atoms with van der Waals surface area (Å²) in [6, 6.07) is 5.73. The average Bonchev–Trinajstić information content (AvgIpc) is 2.46.